The Morgan fingerprint density at radius 3 is 2.12 bits per heavy atom. The van der Waals surface area contributed by atoms with E-state index in [0.29, 0.717) is 0 Å². The molecule has 0 bridgehead atoms. The molecule has 0 aromatic heterocycles. The molecule has 0 spiro atoms. The number of benzene rings is 2. The van der Waals surface area contributed by atoms with Gasteiger partial charge in [-0.3, -0.25) is 0 Å². The van der Waals surface area contributed by atoms with Gasteiger partial charge >= 0.3 is 0 Å². The van der Waals surface area contributed by atoms with Crippen molar-refractivity contribution in [3.63, 3.8) is 0 Å². The number of rotatable bonds is 2. The Labute approximate surface area is 110 Å². The van der Waals surface area contributed by atoms with Crippen LogP contribution in [0.25, 0.3) is 0 Å². The summed E-state index contributed by atoms with van der Waals surface area (Å²) in [5, 5.41) is 10.3. The van der Waals surface area contributed by atoms with Crippen LogP contribution in [0.1, 0.15) is 28.4 Å². The molecule has 1 unspecified atom stereocenters. The minimum absolute atomic E-state index is 0.563. The molecule has 0 aliphatic carbocycles. The largest absolute Gasteiger partial charge is 0.384 e. The van der Waals surface area contributed by atoms with Crippen LogP contribution < -0.4 is 0 Å². The summed E-state index contributed by atoms with van der Waals surface area (Å²) < 4.78 is 0.999. The van der Waals surface area contributed by atoms with Crippen molar-refractivity contribution in [3.05, 3.63) is 69.2 Å². The first kappa shape index (κ1) is 12.3. The van der Waals surface area contributed by atoms with Gasteiger partial charge in [0.05, 0.1) is 0 Å². The van der Waals surface area contributed by atoms with E-state index in [0.717, 1.165) is 21.2 Å². The minimum Gasteiger partial charge on any atom is -0.384 e. The Morgan fingerprint density at radius 1 is 0.882 bits per heavy atom. The van der Waals surface area contributed by atoms with Crippen molar-refractivity contribution >= 4 is 15.9 Å². The highest BCUT2D eigenvalue weighted by Gasteiger charge is 2.10. The van der Waals surface area contributed by atoms with E-state index in [1.165, 1.54) is 5.56 Å². The van der Waals surface area contributed by atoms with Crippen molar-refractivity contribution in [2.75, 3.05) is 0 Å². The predicted molar refractivity (Wildman–Crippen MR) is 74.1 cm³/mol. The molecule has 0 aliphatic heterocycles. The van der Waals surface area contributed by atoms with Gasteiger partial charge in [-0.15, -0.1) is 0 Å². The summed E-state index contributed by atoms with van der Waals surface area (Å²) >= 11 is 3.45. The summed E-state index contributed by atoms with van der Waals surface area (Å²) in [6.45, 7) is 4.07. The van der Waals surface area contributed by atoms with Gasteiger partial charge in [0.25, 0.3) is 0 Å². The van der Waals surface area contributed by atoms with Crippen LogP contribution in [0.2, 0.25) is 0 Å². The van der Waals surface area contributed by atoms with E-state index in [1.807, 2.05) is 56.3 Å². The van der Waals surface area contributed by atoms with Crippen molar-refractivity contribution in [1.82, 2.24) is 0 Å². The summed E-state index contributed by atoms with van der Waals surface area (Å²) in [4.78, 5) is 0. The minimum atomic E-state index is -0.563. The molecule has 0 aliphatic rings. The van der Waals surface area contributed by atoms with Gasteiger partial charge in [-0.25, -0.2) is 0 Å². The van der Waals surface area contributed by atoms with E-state index in [1.54, 1.807) is 0 Å². The van der Waals surface area contributed by atoms with Gasteiger partial charge in [-0.1, -0.05) is 51.8 Å². The highest BCUT2D eigenvalue weighted by atomic mass is 79.9. The van der Waals surface area contributed by atoms with Gasteiger partial charge < -0.3 is 5.11 Å². The third-order valence-corrected chi connectivity index (χ3v) is 3.23. The highest BCUT2D eigenvalue weighted by molar-refractivity contribution is 9.10. The topological polar surface area (TPSA) is 20.2 Å². The van der Waals surface area contributed by atoms with Crippen molar-refractivity contribution in [2.45, 2.75) is 20.0 Å². The molecule has 17 heavy (non-hydrogen) atoms. The average molecular weight is 291 g/mol. The van der Waals surface area contributed by atoms with E-state index in [2.05, 4.69) is 15.9 Å². The van der Waals surface area contributed by atoms with Crippen LogP contribution in [0.15, 0.2) is 46.9 Å². The van der Waals surface area contributed by atoms with E-state index < -0.39 is 6.10 Å². The standard InChI is InChI=1S/C15H15BrO/c1-10-3-5-12(6-4-10)15(17)13-7-11(2)8-14(16)9-13/h3-9,15,17H,1-2H3. The number of aliphatic hydroxyl groups excluding tert-OH is 1. The zero-order valence-corrected chi connectivity index (χ0v) is 11.5. The molecule has 2 aromatic rings. The van der Waals surface area contributed by atoms with Gasteiger partial charge in [0, 0.05) is 4.47 Å². The number of hydrogen-bond acceptors (Lipinski definition) is 1. The van der Waals surface area contributed by atoms with Gasteiger partial charge in [-0.05, 0) is 42.7 Å². The van der Waals surface area contributed by atoms with Crippen molar-refractivity contribution in [2.24, 2.45) is 0 Å². The predicted octanol–water partition coefficient (Wildman–Crippen LogP) is 4.15. The summed E-state index contributed by atoms with van der Waals surface area (Å²) in [7, 11) is 0. The first-order chi connectivity index (χ1) is 8.06. The van der Waals surface area contributed by atoms with Crippen LogP contribution in [0.3, 0.4) is 0 Å². The maximum Gasteiger partial charge on any atom is 0.104 e. The molecular weight excluding hydrogens is 276 g/mol. The number of halogens is 1. The summed E-state index contributed by atoms with van der Waals surface area (Å²) in [6.07, 6.45) is -0.563. The quantitative estimate of drug-likeness (QED) is 0.881. The maximum absolute atomic E-state index is 10.3. The normalized spacial score (nSPS) is 12.5. The molecule has 88 valence electrons. The van der Waals surface area contributed by atoms with E-state index in [4.69, 9.17) is 0 Å². The van der Waals surface area contributed by atoms with Crippen molar-refractivity contribution in [3.8, 4) is 0 Å². The second-order valence-electron chi connectivity index (χ2n) is 4.38. The van der Waals surface area contributed by atoms with E-state index >= 15 is 0 Å². The number of aliphatic hydroxyl groups is 1. The molecule has 2 rings (SSSR count). The Balaban J connectivity index is 2.36. The highest BCUT2D eigenvalue weighted by Crippen LogP contribution is 2.26. The van der Waals surface area contributed by atoms with Crippen molar-refractivity contribution < 1.29 is 5.11 Å². The Morgan fingerprint density at radius 2 is 1.53 bits per heavy atom. The van der Waals surface area contributed by atoms with E-state index in [-0.39, 0.29) is 0 Å². The lowest BCUT2D eigenvalue weighted by Crippen LogP contribution is -2.00. The van der Waals surface area contributed by atoms with Gasteiger partial charge in [0.2, 0.25) is 0 Å². The summed E-state index contributed by atoms with van der Waals surface area (Å²) in [5.41, 5.74) is 4.18. The SMILES string of the molecule is Cc1ccc(C(O)c2cc(C)cc(Br)c2)cc1. The summed E-state index contributed by atoms with van der Waals surface area (Å²) in [6, 6.07) is 14.0. The van der Waals surface area contributed by atoms with E-state index in [9.17, 15) is 5.11 Å². The van der Waals surface area contributed by atoms with Crippen LogP contribution >= 0.6 is 15.9 Å². The Hall–Kier alpha value is -1.12. The van der Waals surface area contributed by atoms with Gasteiger partial charge in [0.1, 0.15) is 6.10 Å². The Kier molecular flexibility index (Phi) is 3.65. The lowest BCUT2D eigenvalue weighted by atomic mass is 9.99. The van der Waals surface area contributed by atoms with Crippen LogP contribution in [0.5, 0.6) is 0 Å². The molecule has 2 aromatic carbocycles. The second-order valence-corrected chi connectivity index (χ2v) is 5.29. The van der Waals surface area contributed by atoms with Crippen LogP contribution in [0.4, 0.5) is 0 Å². The fourth-order valence-electron chi connectivity index (χ4n) is 1.86. The molecule has 0 radical (unpaired) electrons. The van der Waals surface area contributed by atoms with Crippen LogP contribution in [-0.4, -0.2) is 5.11 Å². The molecule has 0 saturated heterocycles. The molecule has 1 nitrogen and oxygen atoms in total. The lowest BCUT2D eigenvalue weighted by Gasteiger charge is -2.13. The molecular formula is C15H15BrO. The van der Waals surface area contributed by atoms with Crippen molar-refractivity contribution in [1.29, 1.82) is 0 Å². The molecule has 2 heteroatoms. The lowest BCUT2D eigenvalue weighted by molar-refractivity contribution is 0.220. The third kappa shape index (κ3) is 2.96. The van der Waals surface area contributed by atoms with Crippen LogP contribution in [-0.2, 0) is 0 Å². The monoisotopic (exact) mass is 290 g/mol. The fourth-order valence-corrected chi connectivity index (χ4v) is 2.49. The van der Waals surface area contributed by atoms with Gasteiger partial charge in [-0.2, -0.15) is 0 Å². The Bertz CT molecular complexity index is 497. The fraction of sp³-hybridized carbons (Fsp3) is 0.200. The smallest absolute Gasteiger partial charge is 0.104 e. The zero-order valence-electron chi connectivity index (χ0n) is 9.94. The average Bonchev–Trinajstić information content (AvgIpc) is 2.28. The molecule has 0 heterocycles. The zero-order chi connectivity index (χ0) is 12.4. The molecule has 0 amide bonds. The second kappa shape index (κ2) is 5.03. The number of hydrogen-bond donors (Lipinski definition) is 1. The first-order valence-corrected chi connectivity index (χ1v) is 6.37. The molecule has 0 saturated carbocycles. The molecule has 1 atom stereocenters. The van der Waals surface area contributed by atoms with Gasteiger partial charge in [0.15, 0.2) is 0 Å². The molecule has 0 fully saturated rings. The maximum atomic E-state index is 10.3. The summed E-state index contributed by atoms with van der Waals surface area (Å²) in [5.74, 6) is 0. The molecule has 1 N–H and O–H groups in total. The number of aryl methyl sites for hydroxylation is 2. The first-order valence-electron chi connectivity index (χ1n) is 5.58. The van der Waals surface area contributed by atoms with Crippen LogP contribution in [0, 0.1) is 13.8 Å². The third-order valence-electron chi connectivity index (χ3n) is 2.77.